The van der Waals surface area contributed by atoms with Crippen LogP contribution in [-0.2, 0) is 4.74 Å². The van der Waals surface area contributed by atoms with Crippen molar-refractivity contribution >= 4 is 0 Å². The summed E-state index contributed by atoms with van der Waals surface area (Å²) in [5.74, 6) is 1.73. The summed E-state index contributed by atoms with van der Waals surface area (Å²) in [4.78, 5) is 9.27. The standard InChI is InChI=1S/C15H27N3O/c1-10(2)15-17-12(4)14(13(5)18-15)11(3)9-16-7-8-19-6/h10-11,16H,7-9H2,1-6H3. The van der Waals surface area contributed by atoms with E-state index < -0.39 is 0 Å². The van der Waals surface area contributed by atoms with E-state index in [4.69, 9.17) is 4.74 Å². The molecule has 0 amide bonds. The third-order valence-corrected chi connectivity index (χ3v) is 3.29. The van der Waals surface area contributed by atoms with Gasteiger partial charge in [-0.25, -0.2) is 9.97 Å². The highest BCUT2D eigenvalue weighted by Crippen LogP contribution is 2.22. The molecule has 0 aromatic carbocycles. The van der Waals surface area contributed by atoms with Crippen LogP contribution in [0, 0.1) is 13.8 Å². The molecule has 1 aromatic heterocycles. The van der Waals surface area contributed by atoms with E-state index in [2.05, 4.69) is 49.9 Å². The Hall–Kier alpha value is -1.00. The van der Waals surface area contributed by atoms with Gasteiger partial charge in [0, 0.05) is 37.5 Å². The van der Waals surface area contributed by atoms with Crippen LogP contribution in [0.2, 0.25) is 0 Å². The number of ether oxygens (including phenoxy) is 1. The minimum Gasteiger partial charge on any atom is -0.383 e. The highest BCUT2D eigenvalue weighted by molar-refractivity contribution is 5.28. The number of methoxy groups -OCH3 is 1. The molecule has 19 heavy (non-hydrogen) atoms. The Morgan fingerprint density at radius 2 is 1.68 bits per heavy atom. The first-order valence-electron chi connectivity index (χ1n) is 7.02. The van der Waals surface area contributed by atoms with Crippen molar-refractivity contribution < 1.29 is 4.74 Å². The summed E-state index contributed by atoms with van der Waals surface area (Å²) < 4.78 is 5.03. The van der Waals surface area contributed by atoms with Gasteiger partial charge in [0.2, 0.25) is 0 Å². The van der Waals surface area contributed by atoms with Gasteiger partial charge in [-0.05, 0) is 25.3 Å². The Balaban J connectivity index is 2.77. The van der Waals surface area contributed by atoms with Crippen molar-refractivity contribution in [3.05, 3.63) is 22.8 Å². The smallest absolute Gasteiger partial charge is 0.131 e. The van der Waals surface area contributed by atoms with Gasteiger partial charge in [0.25, 0.3) is 0 Å². The van der Waals surface area contributed by atoms with Crippen molar-refractivity contribution in [2.24, 2.45) is 0 Å². The summed E-state index contributed by atoms with van der Waals surface area (Å²) in [7, 11) is 1.72. The molecule has 0 fully saturated rings. The number of hydrogen-bond acceptors (Lipinski definition) is 4. The first kappa shape index (κ1) is 16.1. The van der Waals surface area contributed by atoms with Gasteiger partial charge in [-0.3, -0.25) is 0 Å². The molecule has 108 valence electrons. The number of aromatic nitrogens is 2. The van der Waals surface area contributed by atoms with Crippen LogP contribution in [0.5, 0.6) is 0 Å². The first-order valence-corrected chi connectivity index (χ1v) is 7.02. The zero-order valence-electron chi connectivity index (χ0n) is 13.1. The second kappa shape index (κ2) is 7.56. The molecule has 1 heterocycles. The summed E-state index contributed by atoms with van der Waals surface area (Å²) in [6.07, 6.45) is 0. The molecule has 1 rings (SSSR count). The van der Waals surface area contributed by atoms with Crippen LogP contribution in [0.25, 0.3) is 0 Å². The zero-order chi connectivity index (χ0) is 14.4. The minimum absolute atomic E-state index is 0.376. The highest BCUT2D eigenvalue weighted by Gasteiger charge is 2.15. The molecule has 0 bridgehead atoms. The van der Waals surface area contributed by atoms with Crippen LogP contribution in [-0.4, -0.2) is 36.8 Å². The highest BCUT2D eigenvalue weighted by atomic mass is 16.5. The molecule has 4 heteroatoms. The number of rotatable bonds is 7. The van der Waals surface area contributed by atoms with Crippen molar-refractivity contribution in [3.63, 3.8) is 0 Å². The fraction of sp³-hybridized carbons (Fsp3) is 0.733. The molecule has 0 aliphatic rings. The lowest BCUT2D eigenvalue weighted by molar-refractivity contribution is 0.199. The predicted octanol–water partition coefficient (Wildman–Crippen LogP) is 2.56. The average Bonchev–Trinajstić information content (AvgIpc) is 2.33. The van der Waals surface area contributed by atoms with Gasteiger partial charge in [0.15, 0.2) is 0 Å². The molecule has 1 aromatic rings. The van der Waals surface area contributed by atoms with Gasteiger partial charge in [0.05, 0.1) is 6.61 Å². The fourth-order valence-corrected chi connectivity index (χ4v) is 2.32. The normalized spacial score (nSPS) is 13.0. The van der Waals surface area contributed by atoms with Crippen molar-refractivity contribution in [1.82, 2.24) is 15.3 Å². The van der Waals surface area contributed by atoms with Crippen LogP contribution in [0.15, 0.2) is 0 Å². The number of nitrogens with one attached hydrogen (secondary N) is 1. The number of hydrogen-bond donors (Lipinski definition) is 1. The molecule has 1 atom stereocenters. The van der Waals surface area contributed by atoms with Gasteiger partial charge in [-0.1, -0.05) is 20.8 Å². The summed E-state index contributed by atoms with van der Waals surface area (Å²) in [6.45, 7) is 13.2. The van der Waals surface area contributed by atoms with E-state index in [1.54, 1.807) is 7.11 Å². The van der Waals surface area contributed by atoms with E-state index in [0.717, 1.165) is 36.9 Å². The predicted molar refractivity (Wildman–Crippen MR) is 78.8 cm³/mol. The third kappa shape index (κ3) is 4.55. The quantitative estimate of drug-likeness (QED) is 0.770. The molecule has 0 saturated heterocycles. The SMILES string of the molecule is COCCNCC(C)c1c(C)nc(C(C)C)nc1C. The summed E-state index contributed by atoms with van der Waals surface area (Å²) >= 11 is 0. The summed E-state index contributed by atoms with van der Waals surface area (Å²) in [6, 6.07) is 0. The molecule has 0 aliphatic heterocycles. The largest absolute Gasteiger partial charge is 0.383 e. The van der Waals surface area contributed by atoms with Crippen molar-refractivity contribution in [1.29, 1.82) is 0 Å². The summed E-state index contributed by atoms with van der Waals surface area (Å²) in [5, 5.41) is 3.40. The monoisotopic (exact) mass is 265 g/mol. The van der Waals surface area contributed by atoms with Crippen molar-refractivity contribution in [2.45, 2.75) is 46.5 Å². The first-order chi connectivity index (χ1) is 8.97. The van der Waals surface area contributed by atoms with Gasteiger partial charge in [-0.15, -0.1) is 0 Å². The molecular weight excluding hydrogens is 238 g/mol. The van der Waals surface area contributed by atoms with Gasteiger partial charge < -0.3 is 10.1 Å². The minimum atomic E-state index is 0.376. The maximum absolute atomic E-state index is 5.03. The van der Waals surface area contributed by atoms with Crippen molar-refractivity contribution in [2.75, 3.05) is 26.8 Å². The molecule has 0 radical (unpaired) electrons. The molecule has 0 aliphatic carbocycles. The molecule has 4 nitrogen and oxygen atoms in total. The lowest BCUT2D eigenvalue weighted by atomic mass is 9.97. The number of aryl methyl sites for hydroxylation is 2. The molecule has 1 N–H and O–H groups in total. The second-order valence-corrected chi connectivity index (χ2v) is 5.42. The lowest BCUT2D eigenvalue weighted by Gasteiger charge is -2.18. The zero-order valence-corrected chi connectivity index (χ0v) is 13.1. The van der Waals surface area contributed by atoms with E-state index in [0.29, 0.717) is 11.8 Å². The molecule has 0 saturated carbocycles. The van der Waals surface area contributed by atoms with Crippen LogP contribution in [0.1, 0.15) is 55.4 Å². The Morgan fingerprint density at radius 1 is 1.11 bits per heavy atom. The van der Waals surface area contributed by atoms with Crippen LogP contribution in [0.4, 0.5) is 0 Å². The van der Waals surface area contributed by atoms with E-state index in [1.807, 2.05) is 0 Å². The van der Waals surface area contributed by atoms with Crippen LogP contribution < -0.4 is 5.32 Å². The Kier molecular flexibility index (Phi) is 6.38. The van der Waals surface area contributed by atoms with E-state index in [-0.39, 0.29) is 0 Å². The van der Waals surface area contributed by atoms with E-state index in [9.17, 15) is 0 Å². The maximum atomic E-state index is 5.03. The lowest BCUT2D eigenvalue weighted by Crippen LogP contribution is -2.25. The third-order valence-electron chi connectivity index (χ3n) is 3.29. The fourth-order valence-electron chi connectivity index (χ4n) is 2.32. The van der Waals surface area contributed by atoms with Gasteiger partial charge in [0.1, 0.15) is 5.82 Å². The van der Waals surface area contributed by atoms with Gasteiger partial charge in [-0.2, -0.15) is 0 Å². The van der Waals surface area contributed by atoms with Gasteiger partial charge >= 0.3 is 0 Å². The van der Waals surface area contributed by atoms with E-state index >= 15 is 0 Å². The Morgan fingerprint density at radius 3 is 2.16 bits per heavy atom. The molecule has 0 spiro atoms. The second-order valence-electron chi connectivity index (χ2n) is 5.42. The van der Waals surface area contributed by atoms with Crippen LogP contribution in [0.3, 0.4) is 0 Å². The average molecular weight is 265 g/mol. The van der Waals surface area contributed by atoms with Crippen LogP contribution >= 0.6 is 0 Å². The Labute approximate surface area is 117 Å². The molecule has 1 unspecified atom stereocenters. The topological polar surface area (TPSA) is 47.0 Å². The maximum Gasteiger partial charge on any atom is 0.131 e. The summed E-state index contributed by atoms with van der Waals surface area (Å²) in [5.41, 5.74) is 3.49. The Bertz CT molecular complexity index is 381. The van der Waals surface area contributed by atoms with E-state index in [1.165, 1.54) is 5.56 Å². The van der Waals surface area contributed by atoms with Crippen molar-refractivity contribution in [3.8, 4) is 0 Å². The molecular formula is C15H27N3O. The number of nitrogens with zero attached hydrogens (tertiary/aromatic N) is 2.